The first-order valence-electron chi connectivity index (χ1n) is 4.34. The fourth-order valence-electron chi connectivity index (χ4n) is 1.27. The second-order valence-corrected chi connectivity index (χ2v) is 3.20. The van der Waals surface area contributed by atoms with Crippen LogP contribution < -0.4 is 5.73 Å². The Labute approximate surface area is 81.4 Å². The van der Waals surface area contributed by atoms with Crippen molar-refractivity contribution in [1.29, 1.82) is 0 Å². The van der Waals surface area contributed by atoms with Crippen molar-refractivity contribution in [3.05, 3.63) is 35.4 Å². The fraction of sp³-hybridized carbons (Fsp3) is 0.400. The Morgan fingerprint density at radius 2 is 1.71 bits per heavy atom. The van der Waals surface area contributed by atoms with Gasteiger partial charge in [-0.3, -0.25) is 0 Å². The van der Waals surface area contributed by atoms with Gasteiger partial charge in [-0.15, -0.1) is 0 Å². The summed E-state index contributed by atoms with van der Waals surface area (Å²) in [5, 5.41) is 9.21. The number of alkyl halides is 2. The summed E-state index contributed by atoms with van der Waals surface area (Å²) < 4.78 is 25.0. The van der Waals surface area contributed by atoms with Crippen LogP contribution in [0.15, 0.2) is 24.3 Å². The molecule has 0 aromatic heterocycles. The summed E-state index contributed by atoms with van der Waals surface area (Å²) in [6.45, 7) is 1.48. The summed E-state index contributed by atoms with van der Waals surface area (Å²) in [5.74, 6) is 0. The molecule has 0 amide bonds. The van der Waals surface area contributed by atoms with Crippen LogP contribution in [0.4, 0.5) is 8.78 Å². The normalized spacial score (nSPS) is 15.6. The van der Waals surface area contributed by atoms with Gasteiger partial charge in [-0.25, -0.2) is 8.78 Å². The molecular formula is C10H13F2NO. The van der Waals surface area contributed by atoms with E-state index in [1.807, 2.05) is 0 Å². The van der Waals surface area contributed by atoms with E-state index in [-0.39, 0.29) is 5.56 Å². The Kier molecular flexibility index (Phi) is 3.55. The highest BCUT2D eigenvalue weighted by atomic mass is 19.3. The van der Waals surface area contributed by atoms with E-state index in [9.17, 15) is 13.9 Å². The molecule has 1 aromatic carbocycles. The molecule has 3 N–H and O–H groups in total. The first kappa shape index (κ1) is 11.1. The standard InChI is InChI=1S/C10H13F2NO/c1-6(14)9(13)7-4-2-3-5-8(7)10(11)12/h2-6,9-10,14H,13H2,1H3. The zero-order valence-electron chi connectivity index (χ0n) is 7.82. The lowest BCUT2D eigenvalue weighted by atomic mass is 9.98. The fourth-order valence-corrected chi connectivity index (χ4v) is 1.27. The number of nitrogens with two attached hydrogens (primary N) is 1. The summed E-state index contributed by atoms with van der Waals surface area (Å²) in [5.41, 5.74) is 5.79. The summed E-state index contributed by atoms with van der Waals surface area (Å²) in [6.07, 6.45) is -3.40. The van der Waals surface area contributed by atoms with Gasteiger partial charge >= 0.3 is 0 Å². The van der Waals surface area contributed by atoms with Crippen LogP contribution in [-0.4, -0.2) is 11.2 Å². The van der Waals surface area contributed by atoms with E-state index in [1.54, 1.807) is 6.07 Å². The van der Waals surface area contributed by atoms with Gasteiger partial charge in [-0.1, -0.05) is 24.3 Å². The summed E-state index contributed by atoms with van der Waals surface area (Å²) in [4.78, 5) is 0. The molecule has 0 saturated heterocycles. The SMILES string of the molecule is CC(O)C(N)c1ccccc1C(F)F. The molecule has 1 rings (SSSR count). The molecule has 4 heteroatoms. The molecule has 0 fully saturated rings. The van der Waals surface area contributed by atoms with Crippen LogP contribution in [0.5, 0.6) is 0 Å². The Morgan fingerprint density at radius 3 is 2.14 bits per heavy atom. The second-order valence-electron chi connectivity index (χ2n) is 3.20. The van der Waals surface area contributed by atoms with Gasteiger partial charge in [0.05, 0.1) is 12.1 Å². The Bertz CT molecular complexity index is 302. The Balaban J connectivity index is 3.06. The average Bonchev–Trinajstić information content (AvgIpc) is 2.16. The molecule has 78 valence electrons. The molecule has 2 unspecified atom stereocenters. The van der Waals surface area contributed by atoms with Gasteiger partial charge in [0.2, 0.25) is 0 Å². The third-order valence-electron chi connectivity index (χ3n) is 2.11. The number of aliphatic hydroxyl groups is 1. The molecule has 14 heavy (non-hydrogen) atoms. The van der Waals surface area contributed by atoms with Gasteiger partial charge in [0.1, 0.15) is 0 Å². The van der Waals surface area contributed by atoms with E-state index >= 15 is 0 Å². The third-order valence-corrected chi connectivity index (χ3v) is 2.11. The van der Waals surface area contributed by atoms with Crippen LogP contribution >= 0.6 is 0 Å². The van der Waals surface area contributed by atoms with Gasteiger partial charge in [-0.2, -0.15) is 0 Å². The first-order chi connectivity index (χ1) is 6.54. The van der Waals surface area contributed by atoms with Crippen molar-refractivity contribution in [3.8, 4) is 0 Å². The van der Waals surface area contributed by atoms with Crippen LogP contribution in [-0.2, 0) is 0 Å². The van der Waals surface area contributed by atoms with E-state index in [1.165, 1.54) is 25.1 Å². The largest absolute Gasteiger partial charge is 0.391 e. The smallest absolute Gasteiger partial charge is 0.264 e. The molecule has 0 spiro atoms. The molecule has 0 heterocycles. The molecule has 0 aliphatic rings. The van der Waals surface area contributed by atoms with Crippen LogP contribution in [0.3, 0.4) is 0 Å². The number of halogens is 2. The Hall–Kier alpha value is -1.00. The minimum atomic E-state index is -2.56. The topological polar surface area (TPSA) is 46.2 Å². The van der Waals surface area contributed by atoms with Gasteiger partial charge in [0.15, 0.2) is 0 Å². The molecule has 1 aromatic rings. The number of aliphatic hydroxyl groups excluding tert-OH is 1. The van der Waals surface area contributed by atoms with Crippen molar-refractivity contribution in [1.82, 2.24) is 0 Å². The predicted octanol–water partition coefficient (Wildman–Crippen LogP) is 2.00. The summed E-state index contributed by atoms with van der Waals surface area (Å²) >= 11 is 0. The Morgan fingerprint density at radius 1 is 1.21 bits per heavy atom. The quantitative estimate of drug-likeness (QED) is 0.785. The van der Waals surface area contributed by atoms with Crippen molar-refractivity contribution in [2.45, 2.75) is 25.5 Å². The minimum absolute atomic E-state index is 0.110. The maximum atomic E-state index is 12.5. The number of hydrogen-bond acceptors (Lipinski definition) is 2. The molecule has 0 bridgehead atoms. The molecule has 2 atom stereocenters. The maximum absolute atomic E-state index is 12.5. The molecule has 0 aliphatic carbocycles. The molecular weight excluding hydrogens is 188 g/mol. The molecule has 0 aliphatic heterocycles. The van der Waals surface area contributed by atoms with Crippen molar-refractivity contribution in [2.75, 3.05) is 0 Å². The first-order valence-corrected chi connectivity index (χ1v) is 4.34. The van der Waals surface area contributed by atoms with Crippen molar-refractivity contribution < 1.29 is 13.9 Å². The van der Waals surface area contributed by atoms with E-state index in [2.05, 4.69) is 0 Å². The number of hydrogen-bond donors (Lipinski definition) is 2. The van der Waals surface area contributed by atoms with Crippen molar-refractivity contribution in [2.24, 2.45) is 5.73 Å². The third kappa shape index (κ3) is 2.27. The minimum Gasteiger partial charge on any atom is -0.391 e. The lowest BCUT2D eigenvalue weighted by Crippen LogP contribution is -2.24. The van der Waals surface area contributed by atoms with Crippen molar-refractivity contribution in [3.63, 3.8) is 0 Å². The van der Waals surface area contributed by atoms with E-state index in [0.29, 0.717) is 5.56 Å². The summed E-state index contributed by atoms with van der Waals surface area (Å²) in [7, 11) is 0. The van der Waals surface area contributed by atoms with E-state index in [0.717, 1.165) is 0 Å². The molecule has 0 radical (unpaired) electrons. The van der Waals surface area contributed by atoms with E-state index < -0.39 is 18.6 Å². The van der Waals surface area contributed by atoms with Crippen LogP contribution in [0.1, 0.15) is 30.5 Å². The zero-order valence-corrected chi connectivity index (χ0v) is 7.82. The van der Waals surface area contributed by atoms with Crippen LogP contribution in [0, 0.1) is 0 Å². The maximum Gasteiger partial charge on any atom is 0.264 e. The van der Waals surface area contributed by atoms with Crippen LogP contribution in [0.25, 0.3) is 0 Å². The highest BCUT2D eigenvalue weighted by Crippen LogP contribution is 2.27. The highest BCUT2D eigenvalue weighted by molar-refractivity contribution is 5.31. The van der Waals surface area contributed by atoms with Gasteiger partial charge in [0, 0.05) is 5.56 Å². The summed E-state index contributed by atoms with van der Waals surface area (Å²) in [6, 6.07) is 5.23. The van der Waals surface area contributed by atoms with Gasteiger partial charge in [-0.05, 0) is 12.5 Å². The predicted molar refractivity (Wildman–Crippen MR) is 50.0 cm³/mol. The van der Waals surface area contributed by atoms with Crippen molar-refractivity contribution >= 4 is 0 Å². The molecule has 0 saturated carbocycles. The van der Waals surface area contributed by atoms with E-state index in [4.69, 9.17) is 5.73 Å². The lowest BCUT2D eigenvalue weighted by molar-refractivity contribution is 0.141. The monoisotopic (exact) mass is 201 g/mol. The average molecular weight is 201 g/mol. The van der Waals surface area contributed by atoms with Crippen LogP contribution in [0.2, 0.25) is 0 Å². The van der Waals surface area contributed by atoms with Gasteiger partial charge < -0.3 is 10.8 Å². The lowest BCUT2D eigenvalue weighted by Gasteiger charge is -2.18. The highest BCUT2D eigenvalue weighted by Gasteiger charge is 2.19. The second kappa shape index (κ2) is 4.48. The number of rotatable bonds is 3. The molecule has 2 nitrogen and oxygen atoms in total. The van der Waals surface area contributed by atoms with Gasteiger partial charge in [0.25, 0.3) is 6.43 Å². The zero-order chi connectivity index (χ0) is 10.7. The number of benzene rings is 1.